The number of nitrogens with one attached hydrogen (secondary N) is 1. The van der Waals surface area contributed by atoms with Gasteiger partial charge in [0.25, 0.3) is 0 Å². The van der Waals surface area contributed by atoms with Crippen molar-refractivity contribution in [2.24, 2.45) is 0 Å². The number of carboxylic acids is 1. The molecule has 0 aliphatic heterocycles. The predicted molar refractivity (Wildman–Crippen MR) is 73.4 cm³/mol. The molecule has 2 N–H and O–H groups in total. The van der Waals surface area contributed by atoms with Crippen molar-refractivity contribution in [2.75, 3.05) is 0 Å². The molecule has 1 heterocycles. The van der Waals surface area contributed by atoms with Crippen molar-refractivity contribution in [1.82, 2.24) is 15.1 Å². The summed E-state index contributed by atoms with van der Waals surface area (Å²) in [6, 6.07) is 9.70. The first-order valence-electron chi connectivity index (χ1n) is 6.32. The van der Waals surface area contributed by atoms with Crippen molar-refractivity contribution >= 4 is 12.1 Å². The van der Waals surface area contributed by atoms with Gasteiger partial charge in [-0.15, -0.1) is 0 Å². The average Bonchev–Trinajstić information content (AvgIpc) is 2.98. The number of carbonyl (C=O) groups excluding carboxylic acids is 1. The summed E-state index contributed by atoms with van der Waals surface area (Å²) in [6.45, 7) is 0.115. The van der Waals surface area contributed by atoms with E-state index in [0.717, 1.165) is 5.56 Å². The summed E-state index contributed by atoms with van der Waals surface area (Å²) in [5.74, 6) is -1.15. The maximum Gasteiger partial charge on any atom is 0.408 e. The van der Waals surface area contributed by atoms with Crippen molar-refractivity contribution in [2.45, 2.75) is 19.2 Å². The Morgan fingerprint density at radius 1 is 1.29 bits per heavy atom. The Morgan fingerprint density at radius 3 is 2.67 bits per heavy atom. The zero-order chi connectivity index (χ0) is 15.1. The van der Waals surface area contributed by atoms with Crippen LogP contribution in [-0.4, -0.2) is 33.0 Å². The van der Waals surface area contributed by atoms with Crippen molar-refractivity contribution in [3.63, 3.8) is 0 Å². The molecule has 7 heteroatoms. The van der Waals surface area contributed by atoms with Gasteiger partial charge in [0.15, 0.2) is 0 Å². The van der Waals surface area contributed by atoms with E-state index in [2.05, 4.69) is 10.4 Å². The lowest BCUT2D eigenvalue weighted by Gasteiger charge is -2.14. The van der Waals surface area contributed by atoms with E-state index in [1.807, 2.05) is 30.3 Å². The van der Waals surface area contributed by atoms with Crippen LogP contribution in [-0.2, 0) is 22.7 Å². The monoisotopic (exact) mass is 289 g/mol. The summed E-state index contributed by atoms with van der Waals surface area (Å²) in [5.41, 5.74) is 0.826. The first-order valence-corrected chi connectivity index (χ1v) is 6.32. The lowest BCUT2D eigenvalue weighted by atomic mass is 10.2. The molecule has 0 aliphatic carbocycles. The van der Waals surface area contributed by atoms with Crippen LogP contribution in [0.2, 0.25) is 0 Å². The largest absolute Gasteiger partial charge is 0.480 e. The highest BCUT2D eigenvalue weighted by atomic mass is 16.5. The summed E-state index contributed by atoms with van der Waals surface area (Å²) in [6.07, 6.45) is 2.37. The number of carboxylic acid groups (broad SMARTS) is 1. The van der Waals surface area contributed by atoms with E-state index in [9.17, 15) is 9.59 Å². The minimum absolute atomic E-state index is 0.0305. The zero-order valence-electron chi connectivity index (χ0n) is 11.2. The second kappa shape index (κ2) is 7.09. The van der Waals surface area contributed by atoms with Gasteiger partial charge >= 0.3 is 12.1 Å². The molecule has 1 aromatic carbocycles. The molecule has 0 radical (unpaired) electrons. The standard InChI is InChI=1S/C14H15N3O4/c18-13(19)12(9-17-8-4-7-15-17)16-14(20)21-10-11-5-2-1-3-6-11/h1-8,12H,9-10H2,(H,16,20)(H,18,19)/t12-/m0/s1. The van der Waals surface area contributed by atoms with E-state index in [0.29, 0.717) is 0 Å². The van der Waals surface area contributed by atoms with Gasteiger partial charge in [-0.1, -0.05) is 30.3 Å². The van der Waals surface area contributed by atoms with Crippen LogP contribution in [0, 0.1) is 0 Å². The number of hydrogen-bond acceptors (Lipinski definition) is 4. The average molecular weight is 289 g/mol. The van der Waals surface area contributed by atoms with Crippen molar-refractivity contribution in [1.29, 1.82) is 0 Å². The molecule has 1 aromatic heterocycles. The summed E-state index contributed by atoms with van der Waals surface area (Å²) < 4.78 is 6.41. The molecule has 21 heavy (non-hydrogen) atoms. The van der Waals surface area contributed by atoms with Crippen LogP contribution in [0.3, 0.4) is 0 Å². The Kier molecular flexibility index (Phi) is 4.92. The molecule has 2 rings (SSSR count). The Hall–Kier alpha value is -2.83. The molecule has 1 atom stereocenters. The Morgan fingerprint density at radius 2 is 2.05 bits per heavy atom. The van der Waals surface area contributed by atoms with Crippen LogP contribution in [0.25, 0.3) is 0 Å². The van der Waals surface area contributed by atoms with E-state index in [1.165, 1.54) is 10.9 Å². The normalized spacial score (nSPS) is 11.6. The highest BCUT2D eigenvalue weighted by molar-refractivity contribution is 5.79. The summed E-state index contributed by atoms with van der Waals surface area (Å²) in [5, 5.41) is 15.3. The number of hydrogen-bond donors (Lipinski definition) is 2. The van der Waals surface area contributed by atoms with Gasteiger partial charge in [0.2, 0.25) is 0 Å². The first kappa shape index (κ1) is 14.6. The lowest BCUT2D eigenvalue weighted by molar-refractivity contribution is -0.139. The van der Waals surface area contributed by atoms with Crippen molar-refractivity contribution in [3.05, 3.63) is 54.4 Å². The molecule has 0 saturated heterocycles. The molecular weight excluding hydrogens is 274 g/mol. The molecule has 7 nitrogen and oxygen atoms in total. The molecule has 2 aromatic rings. The summed E-state index contributed by atoms with van der Waals surface area (Å²) >= 11 is 0. The Labute approximate surface area is 121 Å². The number of nitrogens with zero attached hydrogens (tertiary/aromatic N) is 2. The predicted octanol–water partition coefficient (Wildman–Crippen LogP) is 1.26. The third kappa shape index (κ3) is 4.64. The third-order valence-corrected chi connectivity index (χ3v) is 2.73. The molecule has 1 amide bonds. The van der Waals surface area contributed by atoms with Crippen LogP contribution in [0.15, 0.2) is 48.8 Å². The van der Waals surface area contributed by atoms with Crippen LogP contribution < -0.4 is 5.32 Å². The molecular formula is C14H15N3O4. The van der Waals surface area contributed by atoms with Gasteiger partial charge in [-0.3, -0.25) is 4.68 Å². The number of amides is 1. The number of aromatic nitrogens is 2. The van der Waals surface area contributed by atoms with E-state index < -0.39 is 18.1 Å². The minimum Gasteiger partial charge on any atom is -0.480 e. The van der Waals surface area contributed by atoms with Crippen LogP contribution in [0.4, 0.5) is 4.79 Å². The Bertz CT molecular complexity index is 584. The number of carbonyl (C=O) groups is 2. The van der Waals surface area contributed by atoms with Gasteiger partial charge in [-0.05, 0) is 11.6 Å². The fourth-order valence-corrected chi connectivity index (χ4v) is 1.69. The van der Waals surface area contributed by atoms with Gasteiger partial charge in [-0.2, -0.15) is 5.10 Å². The van der Waals surface area contributed by atoms with E-state index in [-0.39, 0.29) is 13.2 Å². The smallest absolute Gasteiger partial charge is 0.408 e. The minimum atomic E-state index is -1.15. The summed E-state index contributed by atoms with van der Waals surface area (Å²) in [4.78, 5) is 22.8. The van der Waals surface area contributed by atoms with E-state index in [1.54, 1.807) is 12.3 Å². The number of alkyl carbamates (subject to hydrolysis) is 1. The van der Waals surface area contributed by atoms with Crippen molar-refractivity contribution < 1.29 is 19.4 Å². The molecule has 0 aliphatic rings. The lowest BCUT2D eigenvalue weighted by Crippen LogP contribution is -2.43. The molecule has 0 fully saturated rings. The molecule has 0 spiro atoms. The molecule has 110 valence electrons. The van der Waals surface area contributed by atoms with Crippen molar-refractivity contribution in [3.8, 4) is 0 Å². The quantitative estimate of drug-likeness (QED) is 0.835. The number of rotatable bonds is 6. The SMILES string of the molecule is O=C(N[C@@H](Cn1cccn1)C(=O)O)OCc1ccccc1. The van der Waals surface area contributed by atoms with Gasteiger partial charge < -0.3 is 15.2 Å². The van der Waals surface area contributed by atoms with Gasteiger partial charge in [-0.25, -0.2) is 9.59 Å². The van der Waals surface area contributed by atoms with Crippen LogP contribution in [0.5, 0.6) is 0 Å². The first-order chi connectivity index (χ1) is 10.1. The zero-order valence-corrected chi connectivity index (χ0v) is 11.2. The van der Waals surface area contributed by atoms with E-state index >= 15 is 0 Å². The van der Waals surface area contributed by atoms with Gasteiger partial charge in [0.05, 0.1) is 6.54 Å². The fourth-order valence-electron chi connectivity index (χ4n) is 1.69. The van der Waals surface area contributed by atoms with Gasteiger partial charge in [0, 0.05) is 12.4 Å². The second-order valence-electron chi connectivity index (χ2n) is 4.32. The van der Waals surface area contributed by atoms with E-state index in [4.69, 9.17) is 9.84 Å². The number of aliphatic carboxylic acids is 1. The molecule has 0 saturated carbocycles. The van der Waals surface area contributed by atoms with Gasteiger partial charge in [0.1, 0.15) is 12.6 Å². The second-order valence-corrected chi connectivity index (χ2v) is 4.32. The molecule has 0 bridgehead atoms. The summed E-state index contributed by atoms with van der Waals surface area (Å²) in [7, 11) is 0. The molecule has 0 unspecified atom stereocenters. The third-order valence-electron chi connectivity index (χ3n) is 2.73. The topological polar surface area (TPSA) is 93.5 Å². The Balaban J connectivity index is 1.85. The maximum absolute atomic E-state index is 11.6. The maximum atomic E-state index is 11.6. The highest BCUT2D eigenvalue weighted by Crippen LogP contribution is 2.01. The number of benzene rings is 1. The highest BCUT2D eigenvalue weighted by Gasteiger charge is 2.21. The fraction of sp³-hybridized carbons (Fsp3) is 0.214. The van der Waals surface area contributed by atoms with Crippen LogP contribution in [0.1, 0.15) is 5.56 Å². The van der Waals surface area contributed by atoms with Crippen LogP contribution >= 0.6 is 0 Å². The number of ether oxygens (including phenoxy) is 1.